The molecule has 0 saturated heterocycles. The fourth-order valence-corrected chi connectivity index (χ4v) is 2.51. The second-order valence-corrected chi connectivity index (χ2v) is 4.41. The van der Waals surface area contributed by atoms with Crippen molar-refractivity contribution in [3.63, 3.8) is 0 Å². The first-order valence-corrected chi connectivity index (χ1v) is 5.44. The van der Waals surface area contributed by atoms with Crippen LogP contribution < -0.4 is 0 Å². The zero-order valence-corrected chi connectivity index (χ0v) is 8.60. The number of aryl methyl sites for hydroxylation is 1. The molecule has 0 radical (unpaired) electrons. The second kappa shape index (κ2) is 3.53. The van der Waals surface area contributed by atoms with Gasteiger partial charge in [0.25, 0.3) is 0 Å². The zero-order valence-electron chi connectivity index (χ0n) is 6.97. The molecule has 1 unspecified atom stereocenters. The van der Waals surface area contributed by atoms with Crippen LogP contribution in [0.5, 0.6) is 0 Å². The van der Waals surface area contributed by atoms with Crippen LogP contribution in [0.25, 0.3) is 0 Å². The smallest absolute Gasteiger partial charge is 0.126 e. The predicted octanol–water partition coefficient (Wildman–Crippen LogP) is 1.99. The van der Waals surface area contributed by atoms with Gasteiger partial charge in [-0.1, -0.05) is 10.6 Å². The van der Waals surface area contributed by atoms with Gasteiger partial charge in [-0.2, -0.15) is 0 Å². The third-order valence-electron chi connectivity index (χ3n) is 1.75. The van der Waals surface area contributed by atoms with Crippen molar-refractivity contribution < 1.29 is 5.11 Å². The molecular weight excluding hydrogens is 204 g/mol. The first-order chi connectivity index (χ1) is 6.29. The number of aliphatic hydroxyl groups excluding tert-OH is 1. The van der Waals surface area contributed by atoms with Crippen molar-refractivity contribution in [1.29, 1.82) is 0 Å². The molecule has 2 aromatic heterocycles. The van der Waals surface area contributed by atoms with E-state index in [4.69, 9.17) is 0 Å². The van der Waals surface area contributed by atoms with Crippen LogP contribution in [0.4, 0.5) is 0 Å². The van der Waals surface area contributed by atoms with Gasteiger partial charge in [-0.3, -0.25) is 0 Å². The summed E-state index contributed by atoms with van der Waals surface area (Å²) in [6.07, 6.45) is -0.556. The van der Waals surface area contributed by atoms with Crippen LogP contribution in [0, 0.1) is 6.92 Å². The standard InChI is InChI=1S/C8H8N2OS2/c1-5-8(13-10-9-5)7(11)6-3-2-4-12-6/h2-4,7,11H,1H3. The van der Waals surface area contributed by atoms with Gasteiger partial charge in [0.15, 0.2) is 0 Å². The number of hydrogen-bond acceptors (Lipinski definition) is 5. The van der Waals surface area contributed by atoms with Crippen molar-refractivity contribution in [3.8, 4) is 0 Å². The van der Waals surface area contributed by atoms with E-state index in [2.05, 4.69) is 9.59 Å². The summed E-state index contributed by atoms with van der Waals surface area (Å²) >= 11 is 2.79. The molecule has 0 fully saturated rings. The molecule has 3 nitrogen and oxygen atoms in total. The monoisotopic (exact) mass is 212 g/mol. The highest BCUT2D eigenvalue weighted by molar-refractivity contribution is 7.10. The fourth-order valence-electron chi connectivity index (χ4n) is 1.06. The topological polar surface area (TPSA) is 46.0 Å². The van der Waals surface area contributed by atoms with E-state index < -0.39 is 6.10 Å². The first kappa shape index (κ1) is 8.80. The van der Waals surface area contributed by atoms with Crippen LogP contribution in [0.2, 0.25) is 0 Å². The van der Waals surface area contributed by atoms with E-state index in [-0.39, 0.29) is 0 Å². The lowest BCUT2D eigenvalue weighted by atomic mass is 10.2. The molecule has 0 amide bonds. The van der Waals surface area contributed by atoms with Gasteiger partial charge < -0.3 is 5.11 Å². The lowest BCUT2D eigenvalue weighted by Gasteiger charge is -2.04. The van der Waals surface area contributed by atoms with Gasteiger partial charge in [0.1, 0.15) is 6.10 Å². The van der Waals surface area contributed by atoms with Crippen molar-refractivity contribution in [2.75, 3.05) is 0 Å². The highest BCUT2D eigenvalue weighted by Gasteiger charge is 2.16. The van der Waals surface area contributed by atoms with Crippen LogP contribution in [-0.4, -0.2) is 14.7 Å². The molecule has 0 spiro atoms. The Kier molecular flexibility index (Phi) is 2.39. The number of rotatable bonds is 2. The fraction of sp³-hybridized carbons (Fsp3) is 0.250. The highest BCUT2D eigenvalue weighted by atomic mass is 32.1. The summed E-state index contributed by atoms with van der Waals surface area (Å²) in [5, 5.41) is 15.7. The summed E-state index contributed by atoms with van der Waals surface area (Å²) < 4.78 is 3.79. The molecular formula is C8H8N2OS2. The van der Waals surface area contributed by atoms with E-state index in [0.29, 0.717) is 0 Å². The Morgan fingerprint density at radius 2 is 2.38 bits per heavy atom. The minimum absolute atomic E-state index is 0.556. The third kappa shape index (κ3) is 1.63. The number of aromatic nitrogens is 2. The molecule has 2 aromatic rings. The SMILES string of the molecule is Cc1nnsc1C(O)c1cccs1. The first-order valence-electron chi connectivity index (χ1n) is 3.79. The van der Waals surface area contributed by atoms with Crippen LogP contribution in [0.3, 0.4) is 0 Å². The Morgan fingerprint density at radius 3 is 2.92 bits per heavy atom. The van der Waals surface area contributed by atoms with Gasteiger partial charge in [0, 0.05) is 4.88 Å². The lowest BCUT2D eigenvalue weighted by Crippen LogP contribution is -1.95. The van der Waals surface area contributed by atoms with Gasteiger partial charge in [0.2, 0.25) is 0 Å². The third-order valence-corrected chi connectivity index (χ3v) is 3.55. The Balaban J connectivity index is 2.33. The second-order valence-electron chi connectivity index (χ2n) is 2.64. The molecule has 1 atom stereocenters. The maximum atomic E-state index is 9.89. The van der Waals surface area contributed by atoms with Crippen LogP contribution in [0.1, 0.15) is 21.6 Å². The van der Waals surface area contributed by atoms with Gasteiger partial charge in [-0.15, -0.1) is 16.4 Å². The average Bonchev–Trinajstić information content (AvgIpc) is 2.72. The highest BCUT2D eigenvalue weighted by Crippen LogP contribution is 2.29. The quantitative estimate of drug-likeness (QED) is 0.828. The Labute approximate surface area is 83.8 Å². The molecule has 0 aliphatic carbocycles. The number of thiophene rings is 1. The Bertz CT molecular complexity index is 383. The molecule has 2 rings (SSSR count). The van der Waals surface area contributed by atoms with Crippen molar-refractivity contribution in [2.45, 2.75) is 13.0 Å². The van der Waals surface area contributed by atoms with E-state index in [1.807, 2.05) is 24.4 Å². The molecule has 2 heterocycles. The van der Waals surface area contributed by atoms with Crippen LogP contribution in [-0.2, 0) is 0 Å². The number of aliphatic hydroxyl groups is 1. The maximum absolute atomic E-state index is 9.89. The lowest BCUT2D eigenvalue weighted by molar-refractivity contribution is 0.227. The van der Waals surface area contributed by atoms with E-state index >= 15 is 0 Å². The molecule has 1 N–H and O–H groups in total. The molecule has 0 aromatic carbocycles. The van der Waals surface area contributed by atoms with Crippen molar-refractivity contribution >= 4 is 22.9 Å². The summed E-state index contributed by atoms with van der Waals surface area (Å²) in [5.74, 6) is 0. The van der Waals surface area contributed by atoms with Crippen LogP contribution >= 0.6 is 22.9 Å². The van der Waals surface area contributed by atoms with Crippen LogP contribution in [0.15, 0.2) is 17.5 Å². The van der Waals surface area contributed by atoms with Gasteiger partial charge >= 0.3 is 0 Å². The van der Waals surface area contributed by atoms with Gasteiger partial charge in [-0.25, -0.2) is 0 Å². The molecule has 0 aliphatic heterocycles. The largest absolute Gasteiger partial charge is 0.382 e. The minimum atomic E-state index is -0.556. The van der Waals surface area contributed by atoms with Crippen molar-refractivity contribution in [2.24, 2.45) is 0 Å². The average molecular weight is 212 g/mol. The Morgan fingerprint density at radius 1 is 1.54 bits per heavy atom. The molecule has 0 bridgehead atoms. The van der Waals surface area contributed by atoms with Crippen molar-refractivity contribution in [1.82, 2.24) is 9.59 Å². The molecule has 68 valence electrons. The molecule has 0 aliphatic rings. The molecule has 5 heteroatoms. The van der Waals surface area contributed by atoms with E-state index in [0.717, 1.165) is 15.4 Å². The normalized spacial score (nSPS) is 13.1. The summed E-state index contributed by atoms with van der Waals surface area (Å²) in [6, 6.07) is 3.83. The van der Waals surface area contributed by atoms with Crippen molar-refractivity contribution in [3.05, 3.63) is 33.0 Å². The van der Waals surface area contributed by atoms with E-state index in [1.165, 1.54) is 22.9 Å². The predicted molar refractivity (Wildman–Crippen MR) is 53.0 cm³/mol. The molecule has 13 heavy (non-hydrogen) atoms. The summed E-state index contributed by atoms with van der Waals surface area (Å²) in [5.41, 5.74) is 0.811. The van der Waals surface area contributed by atoms with E-state index in [1.54, 1.807) is 0 Å². The Hall–Kier alpha value is -0.780. The summed E-state index contributed by atoms with van der Waals surface area (Å²) in [6.45, 7) is 1.86. The van der Waals surface area contributed by atoms with Gasteiger partial charge in [0.05, 0.1) is 10.6 Å². The minimum Gasteiger partial charge on any atom is -0.382 e. The number of hydrogen-bond donors (Lipinski definition) is 1. The zero-order chi connectivity index (χ0) is 9.26. The number of nitrogens with zero attached hydrogens (tertiary/aromatic N) is 2. The summed E-state index contributed by atoms with van der Waals surface area (Å²) in [4.78, 5) is 1.77. The van der Waals surface area contributed by atoms with Gasteiger partial charge in [-0.05, 0) is 29.9 Å². The summed E-state index contributed by atoms with van der Waals surface area (Å²) in [7, 11) is 0. The molecule has 0 saturated carbocycles. The van der Waals surface area contributed by atoms with E-state index in [9.17, 15) is 5.11 Å². The maximum Gasteiger partial charge on any atom is 0.126 e.